The smallest absolute Gasteiger partial charge is 0.328 e. The molecule has 61 heavy (non-hydrogen) atoms. The van der Waals surface area contributed by atoms with Gasteiger partial charge in [-0.15, -0.1) is 9.78 Å². The summed E-state index contributed by atoms with van der Waals surface area (Å²) in [6, 6.07) is 20.8. The van der Waals surface area contributed by atoms with E-state index in [1.807, 2.05) is 57.8 Å². The Kier molecular flexibility index (Phi) is 8.39. The van der Waals surface area contributed by atoms with Gasteiger partial charge >= 0.3 is 4.77 Å². The number of aromatic amines is 2. The van der Waals surface area contributed by atoms with E-state index < -0.39 is 0 Å². The monoisotopic (exact) mass is 853 g/mol. The van der Waals surface area contributed by atoms with E-state index in [9.17, 15) is 20.4 Å². The number of nitrogens with one attached hydrogen (secondary N) is 2. The molecule has 0 saturated heterocycles. The Balaban J connectivity index is 1.04. The normalized spacial score (nSPS) is 16.0. The summed E-state index contributed by atoms with van der Waals surface area (Å²) < 4.78 is 17.6. The standard InChI is InChI=1S/C46H44N8O5S2/c1-24(2)50-17-13-28-35(53-42(47-48-44(53)60)31-19-29(25-7-8-25)36(55)21-38(31)57)11-12-40(41(28)50)59-23-52-43(32-20-30(26-9-10-26)37(56)22-39(32)58)54(45(61)49-52)34-6-4-5-33-27(34)14-18-51(33)46(3)15-16-46/h4-6,11-14,17-22,24-26H,7-10,15-16,23H2,1-3H3,(H5,47,48,49,55,56,57,58,60,61)/p+1. The molecule has 0 amide bonds. The highest BCUT2D eigenvalue weighted by molar-refractivity contribution is 7.71. The minimum Gasteiger partial charge on any atom is -0.508 e. The third-order valence-electron chi connectivity index (χ3n) is 12.8. The molecule has 3 saturated carbocycles. The maximum Gasteiger partial charge on any atom is 0.328 e. The van der Waals surface area contributed by atoms with Crippen LogP contribution in [0.15, 0.2) is 79.1 Å². The minimum atomic E-state index is -0.0971. The highest BCUT2D eigenvalue weighted by atomic mass is 32.1. The number of ether oxygens (including phenoxy) is 1. The van der Waals surface area contributed by atoms with Crippen molar-refractivity contribution in [2.45, 2.75) is 89.4 Å². The molecule has 13 nitrogen and oxygen atoms in total. The van der Waals surface area contributed by atoms with Crippen LogP contribution in [-0.2, 0) is 12.3 Å². The van der Waals surface area contributed by atoms with Crippen molar-refractivity contribution in [1.29, 1.82) is 0 Å². The minimum absolute atomic E-state index is 0.0143. The first-order valence-electron chi connectivity index (χ1n) is 20.8. The zero-order chi connectivity index (χ0) is 42.1. The zero-order valence-corrected chi connectivity index (χ0v) is 35.5. The van der Waals surface area contributed by atoms with Crippen LogP contribution in [0, 0.1) is 9.54 Å². The first kappa shape index (κ1) is 37.7. The summed E-state index contributed by atoms with van der Waals surface area (Å²) >= 11 is 11.9. The summed E-state index contributed by atoms with van der Waals surface area (Å²) in [5, 5.41) is 57.0. The predicted molar refractivity (Wildman–Crippen MR) is 236 cm³/mol. The van der Waals surface area contributed by atoms with Crippen LogP contribution in [0.5, 0.6) is 28.7 Å². The molecule has 11 rings (SSSR count). The summed E-state index contributed by atoms with van der Waals surface area (Å²) in [4.78, 5) is 0. The summed E-state index contributed by atoms with van der Waals surface area (Å²) in [6.07, 6.45) is 10.3. The van der Waals surface area contributed by atoms with Crippen molar-refractivity contribution in [3.63, 3.8) is 0 Å². The number of rotatable bonds is 11. The lowest BCUT2D eigenvalue weighted by molar-refractivity contribution is -0.590. The second kappa shape index (κ2) is 13.6. The molecule has 8 aromatic rings. The molecule has 0 spiro atoms. The third kappa shape index (κ3) is 6.07. The van der Waals surface area contributed by atoms with Crippen LogP contribution in [-0.4, -0.2) is 54.1 Å². The van der Waals surface area contributed by atoms with Gasteiger partial charge in [-0.05, 0) is 155 Å². The first-order valence-corrected chi connectivity index (χ1v) is 21.6. The molecule has 3 aliphatic carbocycles. The van der Waals surface area contributed by atoms with E-state index >= 15 is 0 Å². The Morgan fingerprint density at radius 3 is 2.18 bits per heavy atom. The van der Waals surface area contributed by atoms with E-state index in [-0.39, 0.29) is 53.1 Å². The fourth-order valence-corrected chi connectivity index (χ4v) is 9.59. The predicted octanol–water partition coefficient (Wildman–Crippen LogP) is 10.0. The molecule has 4 aromatic heterocycles. The van der Waals surface area contributed by atoms with Gasteiger partial charge in [0.25, 0.3) is 5.82 Å². The Morgan fingerprint density at radius 2 is 1.51 bits per heavy atom. The van der Waals surface area contributed by atoms with Crippen molar-refractivity contribution >= 4 is 46.2 Å². The van der Waals surface area contributed by atoms with Crippen LogP contribution in [0.4, 0.5) is 0 Å². The lowest BCUT2D eigenvalue weighted by atomic mass is 10.0. The molecule has 0 radical (unpaired) electrons. The van der Waals surface area contributed by atoms with Gasteiger partial charge < -0.3 is 34.3 Å². The van der Waals surface area contributed by atoms with Gasteiger partial charge in [-0.2, -0.15) is 9.67 Å². The van der Waals surface area contributed by atoms with Gasteiger partial charge in [-0.1, -0.05) is 6.07 Å². The molecule has 6 N–H and O–H groups in total. The molecule has 15 heteroatoms. The van der Waals surface area contributed by atoms with E-state index in [1.54, 1.807) is 4.68 Å². The van der Waals surface area contributed by atoms with Gasteiger partial charge in [0.15, 0.2) is 10.6 Å². The first-order chi connectivity index (χ1) is 29.4. The van der Waals surface area contributed by atoms with Crippen molar-refractivity contribution in [1.82, 2.24) is 33.7 Å². The van der Waals surface area contributed by atoms with Crippen molar-refractivity contribution in [2.75, 3.05) is 0 Å². The summed E-state index contributed by atoms with van der Waals surface area (Å²) in [5.41, 5.74) is 6.13. The van der Waals surface area contributed by atoms with E-state index in [1.165, 1.54) is 12.1 Å². The van der Waals surface area contributed by atoms with E-state index in [4.69, 9.17) is 29.2 Å². The summed E-state index contributed by atoms with van der Waals surface area (Å²) in [7, 11) is 0. The van der Waals surface area contributed by atoms with Crippen LogP contribution in [0.1, 0.15) is 88.3 Å². The van der Waals surface area contributed by atoms with Gasteiger partial charge in [0.05, 0.1) is 27.8 Å². The van der Waals surface area contributed by atoms with Gasteiger partial charge in [0.1, 0.15) is 34.4 Å². The lowest BCUT2D eigenvalue weighted by Crippen LogP contribution is -2.34. The fraction of sp³-hybridized carbons (Fsp3) is 0.304. The largest absolute Gasteiger partial charge is 0.508 e. The molecule has 0 unspecified atom stereocenters. The molecular formula is C46H45N8O5S2+. The van der Waals surface area contributed by atoms with Crippen LogP contribution >= 0.6 is 24.4 Å². The van der Waals surface area contributed by atoms with Crippen molar-refractivity contribution in [2.24, 2.45) is 0 Å². The maximum atomic E-state index is 11.6. The van der Waals surface area contributed by atoms with Gasteiger partial charge in [-0.25, -0.2) is 0 Å². The molecule has 0 bridgehead atoms. The Bertz CT molecular complexity index is 3230. The quantitative estimate of drug-likeness (QED) is 0.0555. The number of phenolic OH excluding ortho intramolecular Hbond substituents is 4. The van der Waals surface area contributed by atoms with Crippen LogP contribution in [0.25, 0.3) is 56.0 Å². The molecule has 310 valence electrons. The summed E-state index contributed by atoms with van der Waals surface area (Å²) in [5.74, 6) is 2.01. The Hall–Kier alpha value is -6.32. The van der Waals surface area contributed by atoms with Crippen molar-refractivity contribution in [3.05, 3.63) is 99.8 Å². The number of nitrogens with zero attached hydrogens (tertiary/aromatic N) is 6. The van der Waals surface area contributed by atoms with Gasteiger partial charge in [0, 0.05) is 46.9 Å². The SMILES string of the molecule is CC(C)n1ccc2c(-n3c(-c4cc(C5CC5)c(O)cc4O)n[nH]c3=S)ccc(OCn3[nH]c(=S)[n+](-c4cccc5c4ccn5C4(C)CC4)c3-c3cc(C4CC4)c(O)cc3O)c21. The Labute approximate surface area is 360 Å². The second-order valence-corrected chi connectivity index (χ2v) is 18.2. The molecule has 0 aliphatic heterocycles. The number of fused-ring (bicyclic) bond motifs is 2. The topological polar surface area (TPSA) is 158 Å². The maximum absolute atomic E-state index is 11.6. The number of aromatic hydroxyl groups is 4. The van der Waals surface area contributed by atoms with Crippen LogP contribution in [0.2, 0.25) is 0 Å². The number of hydrogen-bond donors (Lipinski definition) is 6. The second-order valence-electron chi connectivity index (χ2n) is 17.4. The van der Waals surface area contributed by atoms with Gasteiger partial charge in [-0.3, -0.25) is 9.67 Å². The van der Waals surface area contributed by atoms with E-state index in [0.29, 0.717) is 38.1 Å². The van der Waals surface area contributed by atoms with E-state index in [0.717, 1.165) is 82.8 Å². The molecule has 3 fully saturated rings. The van der Waals surface area contributed by atoms with Crippen LogP contribution < -0.4 is 9.30 Å². The summed E-state index contributed by atoms with van der Waals surface area (Å²) in [6.45, 7) is 6.47. The average molecular weight is 854 g/mol. The van der Waals surface area contributed by atoms with Gasteiger partial charge in [0.2, 0.25) is 6.73 Å². The zero-order valence-electron chi connectivity index (χ0n) is 33.9. The Morgan fingerprint density at radius 1 is 0.836 bits per heavy atom. The van der Waals surface area contributed by atoms with Crippen LogP contribution in [0.3, 0.4) is 0 Å². The third-order valence-corrected chi connectivity index (χ3v) is 13.4. The molecule has 4 heterocycles. The number of benzene rings is 4. The molecule has 0 atom stereocenters. The van der Waals surface area contributed by atoms with Crippen molar-refractivity contribution < 1.29 is 29.7 Å². The highest BCUT2D eigenvalue weighted by Gasteiger charge is 2.40. The van der Waals surface area contributed by atoms with Crippen molar-refractivity contribution in [3.8, 4) is 62.9 Å². The number of phenols is 4. The number of hydrogen-bond acceptors (Lipinski definition) is 8. The molecule has 4 aromatic carbocycles. The fourth-order valence-electron chi connectivity index (χ4n) is 9.06. The highest BCUT2D eigenvalue weighted by Crippen LogP contribution is 2.49. The van der Waals surface area contributed by atoms with E-state index in [2.05, 4.69) is 63.5 Å². The average Bonchev–Trinajstić information content (AvgIpc) is 4.20. The number of aromatic nitrogens is 8. The lowest BCUT2D eigenvalue weighted by Gasteiger charge is -2.17. The molecule has 3 aliphatic rings. The molecular weight excluding hydrogens is 809 g/mol. The number of H-pyrrole nitrogens is 2.